The Morgan fingerprint density at radius 2 is 1.59 bits per heavy atom. The van der Waals surface area contributed by atoms with Crippen molar-refractivity contribution in [3.63, 3.8) is 0 Å². The molecule has 0 aliphatic carbocycles. The molecule has 1 atom stereocenters. The molecule has 1 fully saturated rings. The van der Waals surface area contributed by atoms with E-state index in [-0.39, 0.29) is 51.3 Å². The van der Waals surface area contributed by atoms with Gasteiger partial charge in [-0.3, -0.25) is 14.4 Å². The molecular weight excluding hydrogens is 524 g/mol. The number of carboxylic acids is 1. The maximum atomic E-state index is 13.6. The molecule has 0 saturated carbocycles. The van der Waals surface area contributed by atoms with E-state index >= 15 is 0 Å². The minimum Gasteiger partial charge on any atom is -0.481 e. The van der Waals surface area contributed by atoms with Gasteiger partial charge in [0.05, 0.1) is 12.3 Å². The lowest BCUT2D eigenvalue weighted by molar-refractivity contribution is -0.138. The number of rotatable bonds is 9. The standard InChI is InChI=1S/C31H34N4O6/c1-3-41-31(40)35-17-15-34(16-18-35)30(39)25(13-14-28(36)37)33-29(38)27-20-23(22-10-5-4-6-11-22)19-26(32-27)24-12-8-7-9-21(24)2/h4-12,19-20,25H,3,13-18H2,1-2H3,(H,33,38)(H,36,37)/t25-/m0/s1. The van der Waals surface area contributed by atoms with Crippen LogP contribution in [0.1, 0.15) is 35.8 Å². The minimum atomic E-state index is -1.07. The normalized spacial score (nSPS) is 13.8. The summed E-state index contributed by atoms with van der Waals surface area (Å²) in [7, 11) is 0. The highest BCUT2D eigenvalue weighted by molar-refractivity contribution is 5.98. The number of piperazine rings is 1. The van der Waals surface area contributed by atoms with Crippen molar-refractivity contribution in [3.05, 3.63) is 78.0 Å². The van der Waals surface area contributed by atoms with Gasteiger partial charge in [0.25, 0.3) is 5.91 Å². The van der Waals surface area contributed by atoms with Crippen LogP contribution in [0.2, 0.25) is 0 Å². The number of carbonyl (C=O) groups is 4. The first-order chi connectivity index (χ1) is 19.8. The summed E-state index contributed by atoms with van der Waals surface area (Å²) in [6.45, 7) is 5.00. The van der Waals surface area contributed by atoms with E-state index in [0.717, 1.165) is 22.3 Å². The predicted octanol–water partition coefficient (Wildman–Crippen LogP) is 3.99. The average Bonchev–Trinajstić information content (AvgIpc) is 2.99. The Morgan fingerprint density at radius 1 is 0.927 bits per heavy atom. The number of aryl methyl sites for hydroxylation is 1. The third-order valence-corrected chi connectivity index (χ3v) is 6.95. The number of amides is 3. The second-order valence-electron chi connectivity index (χ2n) is 9.78. The summed E-state index contributed by atoms with van der Waals surface area (Å²) in [6, 6.07) is 19.9. The van der Waals surface area contributed by atoms with Gasteiger partial charge in [0.15, 0.2) is 0 Å². The number of benzene rings is 2. The van der Waals surface area contributed by atoms with Crippen LogP contribution in [-0.4, -0.2) is 82.6 Å². The number of nitrogens with zero attached hydrogens (tertiary/aromatic N) is 3. The minimum absolute atomic E-state index is 0.0823. The smallest absolute Gasteiger partial charge is 0.409 e. The van der Waals surface area contributed by atoms with Crippen LogP contribution >= 0.6 is 0 Å². The molecular formula is C31H34N4O6. The fourth-order valence-electron chi connectivity index (χ4n) is 4.74. The van der Waals surface area contributed by atoms with Gasteiger partial charge < -0.3 is 25.0 Å². The molecule has 4 rings (SSSR count). The molecule has 0 spiro atoms. The van der Waals surface area contributed by atoms with Crippen LogP contribution in [0, 0.1) is 6.92 Å². The maximum Gasteiger partial charge on any atom is 0.409 e. The van der Waals surface area contributed by atoms with Gasteiger partial charge in [0.2, 0.25) is 5.91 Å². The predicted molar refractivity (Wildman–Crippen MR) is 153 cm³/mol. The number of carboxylic acid groups (broad SMARTS) is 1. The lowest BCUT2D eigenvalue weighted by atomic mass is 9.99. The largest absolute Gasteiger partial charge is 0.481 e. The van der Waals surface area contributed by atoms with Gasteiger partial charge in [0.1, 0.15) is 11.7 Å². The Balaban J connectivity index is 1.59. The molecule has 1 saturated heterocycles. The molecule has 3 amide bonds. The van der Waals surface area contributed by atoms with Gasteiger partial charge in [-0.2, -0.15) is 0 Å². The van der Waals surface area contributed by atoms with E-state index < -0.39 is 29.9 Å². The van der Waals surface area contributed by atoms with Crippen molar-refractivity contribution in [1.82, 2.24) is 20.1 Å². The molecule has 1 aliphatic heterocycles. The fourth-order valence-corrected chi connectivity index (χ4v) is 4.74. The van der Waals surface area contributed by atoms with E-state index in [0.29, 0.717) is 5.69 Å². The van der Waals surface area contributed by atoms with Crippen LogP contribution in [0.4, 0.5) is 4.79 Å². The van der Waals surface area contributed by atoms with Gasteiger partial charge in [0, 0.05) is 38.2 Å². The molecule has 10 heteroatoms. The van der Waals surface area contributed by atoms with E-state index in [1.54, 1.807) is 13.0 Å². The topological polar surface area (TPSA) is 129 Å². The molecule has 2 aromatic carbocycles. The summed E-state index contributed by atoms with van der Waals surface area (Å²) in [5, 5.41) is 12.0. The van der Waals surface area contributed by atoms with Gasteiger partial charge >= 0.3 is 12.1 Å². The molecule has 0 unspecified atom stereocenters. The number of hydrogen-bond acceptors (Lipinski definition) is 6. The lowest BCUT2D eigenvalue weighted by Gasteiger charge is -2.35. The van der Waals surface area contributed by atoms with Crippen molar-refractivity contribution in [2.75, 3.05) is 32.8 Å². The van der Waals surface area contributed by atoms with Crippen LogP contribution in [0.3, 0.4) is 0 Å². The molecule has 2 N–H and O–H groups in total. The second-order valence-corrected chi connectivity index (χ2v) is 9.78. The Kier molecular flexibility index (Phi) is 9.68. The van der Waals surface area contributed by atoms with Crippen LogP contribution in [0.15, 0.2) is 66.7 Å². The molecule has 3 aromatic rings. The van der Waals surface area contributed by atoms with Gasteiger partial charge in [-0.1, -0.05) is 54.6 Å². The Labute approximate surface area is 238 Å². The second kappa shape index (κ2) is 13.6. The van der Waals surface area contributed by atoms with E-state index in [2.05, 4.69) is 10.3 Å². The molecule has 41 heavy (non-hydrogen) atoms. The number of aromatic nitrogens is 1. The first kappa shape index (κ1) is 29.3. The van der Waals surface area contributed by atoms with Crippen molar-refractivity contribution in [1.29, 1.82) is 0 Å². The van der Waals surface area contributed by atoms with Crippen molar-refractivity contribution in [2.45, 2.75) is 32.7 Å². The Morgan fingerprint density at radius 3 is 2.24 bits per heavy atom. The number of ether oxygens (including phenoxy) is 1. The molecule has 0 bridgehead atoms. The molecule has 0 radical (unpaired) electrons. The molecule has 1 aromatic heterocycles. The summed E-state index contributed by atoms with van der Waals surface area (Å²) >= 11 is 0. The maximum absolute atomic E-state index is 13.6. The number of nitrogens with one attached hydrogen (secondary N) is 1. The van der Waals surface area contributed by atoms with E-state index in [1.807, 2.05) is 67.6 Å². The SMILES string of the molecule is CCOC(=O)N1CCN(C(=O)[C@H](CCC(=O)O)NC(=O)c2cc(-c3ccccc3)cc(-c3ccccc3C)n2)CC1. The van der Waals surface area contributed by atoms with E-state index in [9.17, 15) is 24.3 Å². The molecule has 1 aliphatic rings. The quantitative estimate of drug-likeness (QED) is 0.406. The Bertz CT molecular complexity index is 1400. The molecule has 214 valence electrons. The monoisotopic (exact) mass is 558 g/mol. The zero-order valence-electron chi connectivity index (χ0n) is 23.2. The highest BCUT2D eigenvalue weighted by atomic mass is 16.6. The van der Waals surface area contributed by atoms with E-state index in [1.165, 1.54) is 9.80 Å². The van der Waals surface area contributed by atoms with Gasteiger partial charge in [-0.05, 0) is 49.1 Å². The van der Waals surface area contributed by atoms with Gasteiger partial charge in [-0.15, -0.1) is 0 Å². The Hall–Kier alpha value is -4.73. The van der Waals surface area contributed by atoms with Crippen molar-refractivity contribution in [2.24, 2.45) is 0 Å². The zero-order valence-corrected chi connectivity index (χ0v) is 23.2. The third-order valence-electron chi connectivity index (χ3n) is 6.95. The fraction of sp³-hybridized carbons (Fsp3) is 0.323. The van der Waals surface area contributed by atoms with Crippen LogP contribution in [0.25, 0.3) is 22.4 Å². The first-order valence-corrected chi connectivity index (χ1v) is 13.6. The highest BCUT2D eigenvalue weighted by Crippen LogP contribution is 2.28. The van der Waals surface area contributed by atoms with Gasteiger partial charge in [-0.25, -0.2) is 9.78 Å². The summed E-state index contributed by atoms with van der Waals surface area (Å²) in [6.07, 6.45) is -0.823. The first-order valence-electron chi connectivity index (χ1n) is 13.6. The van der Waals surface area contributed by atoms with Crippen LogP contribution in [-0.2, 0) is 14.3 Å². The number of pyridine rings is 1. The molecule has 2 heterocycles. The third kappa shape index (κ3) is 7.47. The van der Waals surface area contributed by atoms with Crippen molar-refractivity contribution in [3.8, 4) is 22.4 Å². The average molecular weight is 559 g/mol. The lowest BCUT2D eigenvalue weighted by Crippen LogP contribution is -2.56. The number of aliphatic carboxylic acids is 1. The van der Waals surface area contributed by atoms with Crippen LogP contribution < -0.4 is 5.32 Å². The number of carbonyl (C=O) groups excluding carboxylic acids is 3. The summed E-state index contributed by atoms with van der Waals surface area (Å²) in [5.41, 5.74) is 4.28. The van der Waals surface area contributed by atoms with Crippen molar-refractivity contribution >= 4 is 23.9 Å². The zero-order chi connectivity index (χ0) is 29.4. The van der Waals surface area contributed by atoms with E-state index in [4.69, 9.17) is 4.74 Å². The highest BCUT2D eigenvalue weighted by Gasteiger charge is 2.31. The van der Waals surface area contributed by atoms with Crippen LogP contribution in [0.5, 0.6) is 0 Å². The molecule has 10 nitrogen and oxygen atoms in total. The van der Waals surface area contributed by atoms with Crippen molar-refractivity contribution < 1.29 is 29.0 Å². The summed E-state index contributed by atoms with van der Waals surface area (Å²) in [4.78, 5) is 58.2. The number of hydrogen-bond donors (Lipinski definition) is 2. The summed E-state index contributed by atoms with van der Waals surface area (Å²) < 4.78 is 5.04. The summed E-state index contributed by atoms with van der Waals surface area (Å²) in [5.74, 6) is -2.05.